The molecule has 16 heavy (non-hydrogen) atoms. The average Bonchev–Trinajstić information content (AvgIpc) is 2.25. The summed E-state index contributed by atoms with van der Waals surface area (Å²) in [5.41, 5.74) is 4.84. The third-order valence-electron chi connectivity index (χ3n) is 2.05. The first-order valence-corrected chi connectivity index (χ1v) is 4.90. The van der Waals surface area contributed by atoms with Crippen molar-refractivity contribution in [1.82, 2.24) is 21.3 Å². The zero-order valence-electron chi connectivity index (χ0n) is 8.71. The van der Waals surface area contributed by atoms with Crippen LogP contribution in [0, 0.1) is 0 Å². The first-order chi connectivity index (χ1) is 7.59. The van der Waals surface area contributed by atoms with E-state index in [0.29, 0.717) is 6.54 Å². The molecule has 0 saturated carbocycles. The van der Waals surface area contributed by atoms with Gasteiger partial charge in [-0.2, -0.15) is 0 Å². The third-order valence-corrected chi connectivity index (χ3v) is 2.05. The highest BCUT2D eigenvalue weighted by Crippen LogP contribution is 1.87. The zero-order chi connectivity index (χ0) is 12.0. The molecule has 0 aliphatic carbocycles. The minimum absolute atomic E-state index is 0.126. The van der Waals surface area contributed by atoms with Crippen LogP contribution in [0.3, 0.4) is 0 Å². The summed E-state index contributed by atoms with van der Waals surface area (Å²) in [5, 5.41) is 10.3. The van der Waals surface area contributed by atoms with Crippen LogP contribution in [0.5, 0.6) is 0 Å². The molecule has 1 unspecified atom stereocenters. The van der Waals surface area contributed by atoms with Crippen LogP contribution in [0.1, 0.15) is 0 Å². The Kier molecular flexibility index (Phi) is 4.52. The van der Waals surface area contributed by atoms with Gasteiger partial charge in [-0.05, 0) is 0 Å². The fourth-order valence-electron chi connectivity index (χ4n) is 1.25. The normalized spacial score (nSPS) is 19.8. The van der Waals surface area contributed by atoms with Crippen LogP contribution >= 0.6 is 0 Å². The second-order valence-corrected chi connectivity index (χ2v) is 3.32. The van der Waals surface area contributed by atoms with Crippen LogP contribution in [0.4, 0.5) is 4.79 Å². The van der Waals surface area contributed by atoms with Crippen molar-refractivity contribution in [2.24, 2.45) is 5.73 Å². The molecule has 1 rings (SSSR count). The third kappa shape index (κ3) is 4.13. The second kappa shape index (κ2) is 5.91. The van der Waals surface area contributed by atoms with Gasteiger partial charge in [-0.25, -0.2) is 4.79 Å². The maximum Gasteiger partial charge on any atom is 0.312 e. The molecule has 0 aromatic rings. The first-order valence-electron chi connectivity index (χ1n) is 4.90. The van der Waals surface area contributed by atoms with E-state index in [1.165, 1.54) is 0 Å². The lowest BCUT2D eigenvalue weighted by Crippen LogP contribution is -2.58. The number of rotatable bonds is 4. The number of primary amides is 1. The summed E-state index contributed by atoms with van der Waals surface area (Å²) in [7, 11) is 0. The van der Waals surface area contributed by atoms with Gasteiger partial charge in [0.05, 0.1) is 6.54 Å². The topological polar surface area (TPSA) is 125 Å². The number of hydrogen-bond donors (Lipinski definition) is 5. The fraction of sp³-hybridized carbons (Fsp3) is 0.625. The predicted molar refractivity (Wildman–Crippen MR) is 55.4 cm³/mol. The summed E-state index contributed by atoms with van der Waals surface area (Å²) < 4.78 is 0. The summed E-state index contributed by atoms with van der Waals surface area (Å²) in [6.45, 7) is 0.986. The molecule has 0 aromatic carbocycles. The smallest absolute Gasteiger partial charge is 0.312 e. The minimum atomic E-state index is -0.627. The van der Waals surface area contributed by atoms with Crippen molar-refractivity contribution in [3.05, 3.63) is 0 Å². The number of hydrogen-bond acceptors (Lipinski definition) is 4. The Morgan fingerprint density at radius 1 is 1.38 bits per heavy atom. The number of carbonyl (C=O) groups is 3. The van der Waals surface area contributed by atoms with Gasteiger partial charge in [-0.15, -0.1) is 0 Å². The van der Waals surface area contributed by atoms with Crippen LogP contribution in [-0.2, 0) is 9.59 Å². The van der Waals surface area contributed by atoms with Crippen molar-refractivity contribution in [3.63, 3.8) is 0 Å². The van der Waals surface area contributed by atoms with E-state index in [1.54, 1.807) is 0 Å². The predicted octanol–water partition coefficient (Wildman–Crippen LogP) is -3.14. The van der Waals surface area contributed by atoms with Gasteiger partial charge in [0.25, 0.3) is 0 Å². The molecule has 0 radical (unpaired) electrons. The monoisotopic (exact) mass is 229 g/mol. The van der Waals surface area contributed by atoms with Crippen molar-refractivity contribution < 1.29 is 14.4 Å². The molecular weight excluding hydrogens is 214 g/mol. The van der Waals surface area contributed by atoms with Crippen LogP contribution in [-0.4, -0.2) is 50.1 Å². The standard InChI is InChI=1S/C8H15N5O3/c9-8(16)11-2-1-10-7(15)5-3-13-6(14)4-12-5/h5,12H,1-4H2,(H,10,15)(H,13,14)(H3,9,11,16). The number of urea groups is 1. The molecule has 8 heteroatoms. The molecule has 1 saturated heterocycles. The Morgan fingerprint density at radius 3 is 2.62 bits per heavy atom. The van der Waals surface area contributed by atoms with E-state index in [2.05, 4.69) is 21.3 Å². The largest absolute Gasteiger partial charge is 0.353 e. The summed E-state index contributed by atoms with van der Waals surface area (Å²) in [4.78, 5) is 32.6. The molecular formula is C8H15N5O3. The van der Waals surface area contributed by atoms with Crippen molar-refractivity contribution in [1.29, 1.82) is 0 Å². The summed E-state index contributed by atoms with van der Waals surface area (Å²) in [6, 6.07) is -1.05. The summed E-state index contributed by atoms with van der Waals surface area (Å²) in [6.07, 6.45) is 0. The number of piperazine rings is 1. The van der Waals surface area contributed by atoms with Crippen LogP contribution in [0.15, 0.2) is 0 Å². The van der Waals surface area contributed by atoms with Crippen LogP contribution in [0.2, 0.25) is 0 Å². The van der Waals surface area contributed by atoms with Gasteiger partial charge in [0, 0.05) is 19.6 Å². The molecule has 1 aliphatic rings. The number of carbonyl (C=O) groups excluding carboxylic acids is 3. The molecule has 0 bridgehead atoms. The van der Waals surface area contributed by atoms with Crippen molar-refractivity contribution in [3.8, 4) is 0 Å². The second-order valence-electron chi connectivity index (χ2n) is 3.32. The Bertz CT molecular complexity index is 283. The van der Waals surface area contributed by atoms with Gasteiger partial charge in [-0.3, -0.25) is 14.9 Å². The van der Waals surface area contributed by atoms with Crippen molar-refractivity contribution in [2.75, 3.05) is 26.2 Å². The summed E-state index contributed by atoms with van der Waals surface area (Å²) in [5.74, 6) is -0.342. The van der Waals surface area contributed by atoms with Gasteiger partial charge < -0.3 is 21.7 Å². The number of nitrogens with one attached hydrogen (secondary N) is 4. The Morgan fingerprint density at radius 2 is 2.06 bits per heavy atom. The Labute approximate surface area is 92.3 Å². The van der Waals surface area contributed by atoms with Crippen molar-refractivity contribution >= 4 is 17.8 Å². The molecule has 0 aromatic heterocycles. The lowest BCUT2D eigenvalue weighted by atomic mass is 10.2. The zero-order valence-corrected chi connectivity index (χ0v) is 8.71. The molecule has 1 aliphatic heterocycles. The van der Waals surface area contributed by atoms with E-state index >= 15 is 0 Å². The SMILES string of the molecule is NC(=O)NCCNC(=O)C1CNC(=O)CN1. The van der Waals surface area contributed by atoms with Gasteiger partial charge in [0.2, 0.25) is 11.8 Å². The van der Waals surface area contributed by atoms with Gasteiger partial charge in [0.1, 0.15) is 6.04 Å². The van der Waals surface area contributed by atoms with Gasteiger partial charge in [0.15, 0.2) is 0 Å². The number of nitrogens with two attached hydrogens (primary N) is 1. The molecule has 8 nitrogen and oxygen atoms in total. The van der Waals surface area contributed by atoms with Crippen LogP contribution < -0.4 is 27.0 Å². The number of amides is 4. The highest BCUT2D eigenvalue weighted by Gasteiger charge is 2.22. The van der Waals surface area contributed by atoms with E-state index < -0.39 is 12.1 Å². The Hall–Kier alpha value is -1.83. The molecule has 0 spiro atoms. The molecule has 4 amide bonds. The van der Waals surface area contributed by atoms with E-state index in [1.807, 2.05) is 0 Å². The average molecular weight is 229 g/mol. The highest BCUT2D eigenvalue weighted by atomic mass is 16.2. The lowest BCUT2D eigenvalue weighted by Gasteiger charge is -2.23. The summed E-state index contributed by atoms with van der Waals surface area (Å²) >= 11 is 0. The molecule has 90 valence electrons. The molecule has 6 N–H and O–H groups in total. The molecule has 1 atom stereocenters. The van der Waals surface area contributed by atoms with Gasteiger partial charge in [-0.1, -0.05) is 0 Å². The quantitative estimate of drug-likeness (QED) is 0.326. The van der Waals surface area contributed by atoms with E-state index in [0.717, 1.165) is 0 Å². The maximum atomic E-state index is 11.5. The van der Waals surface area contributed by atoms with Crippen molar-refractivity contribution in [2.45, 2.75) is 6.04 Å². The fourth-order valence-corrected chi connectivity index (χ4v) is 1.25. The van der Waals surface area contributed by atoms with E-state index in [9.17, 15) is 14.4 Å². The Balaban J connectivity index is 2.15. The van der Waals surface area contributed by atoms with E-state index in [-0.39, 0.29) is 31.4 Å². The molecule has 1 fully saturated rings. The van der Waals surface area contributed by atoms with Crippen LogP contribution in [0.25, 0.3) is 0 Å². The first kappa shape index (κ1) is 12.2. The van der Waals surface area contributed by atoms with E-state index in [4.69, 9.17) is 5.73 Å². The molecule has 1 heterocycles. The minimum Gasteiger partial charge on any atom is -0.353 e. The highest BCUT2D eigenvalue weighted by molar-refractivity contribution is 5.86. The van der Waals surface area contributed by atoms with Gasteiger partial charge >= 0.3 is 6.03 Å². The lowest BCUT2D eigenvalue weighted by molar-refractivity contribution is -0.126. The maximum absolute atomic E-state index is 11.5.